The molecule has 1 heterocycles. The number of carbonyl (C=O) groups is 2. The minimum absolute atomic E-state index is 0.00879. The molecule has 1 aliphatic rings. The van der Waals surface area contributed by atoms with Gasteiger partial charge in [-0.3, -0.25) is 14.9 Å². The van der Waals surface area contributed by atoms with E-state index in [0.29, 0.717) is 17.9 Å². The Morgan fingerprint density at radius 3 is 2.66 bits per heavy atom. The summed E-state index contributed by atoms with van der Waals surface area (Å²) < 4.78 is 11.6. The van der Waals surface area contributed by atoms with E-state index in [2.05, 4.69) is 0 Å². The van der Waals surface area contributed by atoms with Crippen LogP contribution in [-0.2, 0) is 16.0 Å². The monoisotopic (exact) mass is 407 g/mol. The van der Waals surface area contributed by atoms with Gasteiger partial charge in [0.2, 0.25) is 5.91 Å². The van der Waals surface area contributed by atoms with Crippen molar-refractivity contribution in [2.24, 2.45) is 5.92 Å². The number of ether oxygens (including phenoxy) is 2. The maximum atomic E-state index is 12.5. The van der Waals surface area contributed by atoms with E-state index in [1.807, 2.05) is 6.92 Å². The van der Waals surface area contributed by atoms with E-state index in [4.69, 9.17) is 9.47 Å². The Morgan fingerprint density at radius 2 is 2.07 bits per heavy atom. The summed E-state index contributed by atoms with van der Waals surface area (Å²) in [6.07, 6.45) is -0.892. The molecule has 0 aromatic heterocycles. The van der Waals surface area contributed by atoms with Crippen LogP contribution in [-0.4, -0.2) is 65.6 Å². The van der Waals surface area contributed by atoms with E-state index in [-0.39, 0.29) is 30.5 Å². The summed E-state index contributed by atoms with van der Waals surface area (Å²) in [6, 6.07) is 4.23. The fourth-order valence-electron chi connectivity index (χ4n) is 3.06. The molecule has 160 valence electrons. The number of benzene rings is 1. The van der Waals surface area contributed by atoms with E-state index < -0.39 is 22.7 Å². The van der Waals surface area contributed by atoms with Crippen LogP contribution in [0.15, 0.2) is 18.2 Å². The van der Waals surface area contributed by atoms with Crippen LogP contribution in [0.3, 0.4) is 0 Å². The van der Waals surface area contributed by atoms with Gasteiger partial charge in [0.1, 0.15) is 17.5 Å². The number of likely N-dealkylation sites (N-methyl/N-ethyl adjacent to an activating group) is 2. The Labute approximate surface area is 170 Å². The summed E-state index contributed by atoms with van der Waals surface area (Å²) in [4.78, 5) is 38.5. The largest absolute Gasteiger partial charge is 0.488 e. The van der Waals surface area contributed by atoms with E-state index in [0.717, 1.165) is 0 Å². The van der Waals surface area contributed by atoms with Gasteiger partial charge in [0.15, 0.2) is 0 Å². The molecule has 0 aliphatic carbocycles. The van der Waals surface area contributed by atoms with Gasteiger partial charge < -0.3 is 19.3 Å². The highest BCUT2D eigenvalue weighted by Gasteiger charge is 2.30. The fraction of sp³-hybridized carbons (Fsp3) is 0.600. The lowest BCUT2D eigenvalue weighted by Crippen LogP contribution is -2.45. The SMILES string of the molecule is C[C@H]1CN(C)C(=O)Cc2cc([N+](=O)[O-])ccc2O[C@@H]1CN(C)C(=O)OC(C)(C)C. The van der Waals surface area contributed by atoms with Crippen molar-refractivity contribution in [3.8, 4) is 5.75 Å². The predicted molar refractivity (Wildman–Crippen MR) is 107 cm³/mol. The number of nitrogens with zero attached hydrogens (tertiary/aromatic N) is 3. The van der Waals surface area contributed by atoms with Gasteiger partial charge in [-0.1, -0.05) is 6.92 Å². The quantitative estimate of drug-likeness (QED) is 0.564. The smallest absolute Gasteiger partial charge is 0.410 e. The zero-order chi connectivity index (χ0) is 21.9. The molecule has 9 heteroatoms. The van der Waals surface area contributed by atoms with Crippen molar-refractivity contribution in [1.29, 1.82) is 0 Å². The van der Waals surface area contributed by atoms with E-state index >= 15 is 0 Å². The van der Waals surface area contributed by atoms with Crippen LogP contribution in [0, 0.1) is 16.0 Å². The standard InChI is InChI=1S/C20H29N3O6/c1-13-11-21(5)18(24)10-14-9-15(23(26)27)7-8-16(14)28-17(13)12-22(6)19(25)29-20(2,3)4/h7-9,13,17H,10-12H2,1-6H3/t13-,17+/m0/s1. The minimum atomic E-state index is -0.617. The molecule has 0 radical (unpaired) electrons. The van der Waals surface area contributed by atoms with E-state index in [1.54, 1.807) is 39.8 Å². The second-order valence-electron chi connectivity index (χ2n) is 8.49. The Hall–Kier alpha value is -2.84. The zero-order valence-electron chi connectivity index (χ0n) is 17.8. The van der Waals surface area contributed by atoms with Crippen LogP contribution in [0.4, 0.5) is 10.5 Å². The lowest BCUT2D eigenvalue weighted by molar-refractivity contribution is -0.384. The summed E-state index contributed by atoms with van der Waals surface area (Å²) >= 11 is 0. The van der Waals surface area contributed by atoms with E-state index in [1.165, 1.54) is 23.1 Å². The number of rotatable bonds is 3. The highest BCUT2D eigenvalue weighted by Crippen LogP contribution is 2.29. The number of non-ortho nitro benzene ring substituents is 1. The average Bonchev–Trinajstić information content (AvgIpc) is 2.63. The van der Waals surface area contributed by atoms with Crippen LogP contribution in [0.1, 0.15) is 33.3 Å². The number of nitro benzene ring substituents is 1. The molecule has 1 aromatic carbocycles. The molecule has 2 amide bonds. The number of fused-ring (bicyclic) bond motifs is 1. The lowest BCUT2D eigenvalue weighted by atomic mass is 10.0. The molecule has 0 spiro atoms. The molecule has 29 heavy (non-hydrogen) atoms. The summed E-state index contributed by atoms with van der Waals surface area (Å²) in [5.74, 6) is 0.173. The molecule has 2 atom stereocenters. The second-order valence-corrected chi connectivity index (χ2v) is 8.49. The minimum Gasteiger partial charge on any atom is -0.488 e. The third kappa shape index (κ3) is 6.07. The van der Waals surface area contributed by atoms with Crippen molar-refractivity contribution >= 4 is 17.7 Å². The second kappa shape index (κ2) is 8.67. The first-order valence-corrected chi connectivity index (χ1v) is 9.49. The predicted octanol–water partition coefficient (Wildman–Crippen LogP) is 2.86. The van der Waals surface area contributed by atoms with Crippen molar-refractivity contribution in [2.75, 3.05) is 27.2 Å². The molecule has 0 saturated carbocycles. The van der Waals surface area contributed by atoms with Crippen molar-refractivity contribution in [3.05, 3.63) is 33.9 Å². The first kappa shape index (κ1) is 22.4. The van der Waals surface area contributed by atoms with Crippen molar-refractivity contribution < 1.29 is 24.0 Å². The van der Waals surface area contributed by atoms with Crippen LogP contribution < -0.4 is 4.74 Å². The van der Waals surface area contributed by atoms with E-state index in [9.17, 15) is 19.7 Å². The zero-order valence-corrected chi connectivity index (χ0v) is 17.8. The third-order valence-corrected chi connectivity index (χ3v) is 4.66. The van der Waals surface area contributed by atoms with Gasteiger partial charge in [-0.05, 0) is 26.8 Å². The molecule has 1 aliphatic heterocycles. The topological polar surface area (TPSA) is 102 Å². The van der Waals surface area contributed by atoms with Crippen LogP contribution >= 0.6 is 0 Å². The molecule has 0 bridgehead atoms. The van der Waals surface area contributed by atoms with Gasteiger partial charge in [-0.15, -0.1) is 0 Å². The number of hydrogen-bond acceptors (Lipinski definition) is 6. The molecule has 0 saturated heterocycles. The number of hydrogen-bond donors (Lipinski definition) is 0. The number of nitro groups is 1. The number of amides is 2. The summed E-state index contributed by atoms with van der Waals surface area (Å²) in [5, 5.41) is 11.1. The first-order chi connectivity index (χ1) is 13.4. The molecule has 2 rings (SSSR count). The Bertz CT molecular complexity index is 789. The Kier molecular flexibility index (Phi) is 6.71. The molecule has 1 aromatic rings. The van der Waals surface area contributed by atoms with Crippen molar-refractivity contribution in [2.45, 2.75) is 45.8 Å². The Balaban J connectivity index is 2.31. The maximum absolute atomic E-state index is 12.5. The lowest BCUT2D eigenvalue weighted by Gasteiger charge is -2.31. The van der Waals surface area contributed by atoms with Crippen molar-refractivity contribution in [1.82, 2.24) is 9.80 Å². The normalized spacial score (nSPS) is 19.9. The maximum Gasteiger partial charge on any atom is 0.410 e. The average molecular weight is 407 g/mol. The summed E-state index contributed by atoms with van der Waals surface area (Å²) in [7, 11) is 3.32. The fourth-order valence-corrected chi connectivity index (χ4v) is 3.06. The van der Waals surface area contributed by atoms with Gasteiger partial charge in [-0.2, -0.15) is 0 Å². The van der Waals surface area contributed by atoms with Crippen LogP contribution in [0.2, 0.25) is 0 Å². The van der Waals surface area contributed by atoms with Gasteiger partial charge >= 0.3 is 6.09 Å². The van der Waals surface area contributed by atoms with Gasteiger partial charge in [0, 0.05) is 44.3 Å². The summed E-state index contributed by atoms with van der Waals surface area (Å²) in [6.45, 7) is 7.99. The third-order valence-electron chi connectivity index (χ3n) is 4.66. The number of carbonyl (C=O) groups excluding carboxylic acids is 2. The molecule has 0 N–H and O–H groups in total. The molecule has 0 fully saturated rings. The molecule has 9 nitrogen and oxygen atoms in total. The molecule has 0 unspecified atom stereocenters. The highest BCUT2D eigenvalue weighted by molar-refractivity contribution is 5.79. The first-order valence-electron chi connectivity index (χ1n) is 9.49. The van der Waals surface area contributed by atoms with Crippen LogP contribution in [0.5, 0.6) is 5.75 Å². The van der Waals surface area contributed by atoms with Gasteiger partial charge in [0.05, 0.1) is 17.9 Å². The molecular weight excluding hydrogens is 378 g/mol. The Morgan fingerprint density at radius 1 is 1.41 bits per heavy atom. The summed E-state index contributed by atoms with van der Waals surface area (Å²) in [5.41, 5.74) is -0.262. The molecular formula is C20H29N3O6. The van der Waals surface area contributed by atoms with Gasteiger partial charge in [-0.25, -0.2) is 4.79 Å². The van der Waals surface area contributed by atoms with Gasteiger partial charge in [0.25, 0.3) is 5.69 Å². The van der Waals surface area contributed by atoms with Crippen LogP contribution in [0.25, 0.3) is 0 Å². The van der Waals surface area contributed by atoms with Crippen molar-refractivity contribution in [3.63, 3.8) is 0 Å². The highest BCUT2D eigenvalue weighted by atomic mass is 16.6.